The van der Waals surface area contributed by atoms with Crippen LogP contribution in [0.5, 0.6) is 0 Å². The second kappa shape index (κ2) is 6.38. The van der Waals surface area contributed by atoms with Crippen LogP contribution >= 0.6 is 0 Å². The highest BCUT2D eigenvalue weighted by Gasteiger charge is 2.11. The van der Waals surface area contributed by atoms with Crippen LogP contribution in [-0.4, -0.2) is 25.9 Å². The Labute approximate surface area is 106 Å². The Kier molecular flexibility index (Phi) is 5.13. The second-order valence-corrected chi connectivity index (χ2v) is 5.41. The monoisotopic (exact) mass is 271 g/mol. The van der Waals surface area contributed by atoms with Crippen LogP contribution in [0, 0.1) is 17.7 Å². The van der Waals surface area contributed by atoms with Gasteiger partial charge in [-0.05, 0) is 24.6 Å². The number of sulfonamides is 1. The summed E-state index contributed by atoms with van der Waals surface area (Å²) in [6.07, 6.45) is 0.480. The van der Waals surface area contributed by atoms with E-state index in [1.165, 1.54) is 6.07 Å². The lowest BCUT2D eigenvalue weighted by atomic mass is 10.2. The van der Waals surface area contributed by atoms with Gasteiger partial charge in [0.25, 0.3) is 0 Å². The van der Waals surface area contributed by atoms with Crippen LogP contribution < -0.4 is 4.72 Å². The van der Waals surface area contributed by atoms with Crippen LogP contribution in [0.25, 0.3) is 0 Å². The molecule has 0 amide bonds. The lowest BCUT2D eigenvalue weighted by Gasteiger charge is -2.09. The fourth-order valence-corrected chi connectivity index (χ4v) is 2.48. The molecule has 0 heterocycles. The number of anilines is 1. The Balaban J connectivity index is 3.09. The number of benzene rings is 1. The standard InChI is InChI=1S/C12H14FNO3S/c1-2-8-18(16,17)14-12-6-5-11(13)9-10(12)4-3-7-15/h5-6,9,14-15H,2,7-8H2,1H3. The number of halogens is 1. The zero-order valence-corrected chi connectivity index (χ0v) is 10.7. The lowest BCUT2D eigenvalue weighted by molar-refractivity contribution is 0.350. The number of aliphatic hydroxyl groups is 1. The van der Waals surface area contributed by atoms with Gasteiger partial charge < -0.3 is 5.11 Å². The molecule has 0 unspecified atom stereocenters. The van der Waals surface area contributed by atoms with E-state index in [-0.39, 0.29) is 23.6 Å². The van der Waals surface area contributed by atoms with E-state index in [9.17, 15) is 12.8 Å². The van der Waals surface area contributed by atoms with Crippen molar-refractivity contribution in [2.45, 2.75) is 13.3 Å². The fraction of sp³-hybridized carbons (Fsp3) is 0.333. The summed E-state index contributed by atoms with van der Waals surface area (Å²) >= 11 is 0. The molecule has 1 aromatic rings. The van der Waals surface area contributed by atoms with E-state index in [4.69, 9.17) is 5.11 Å². The Hall–Kier alpha value is -1.58. The molecule has 0 aromatic heterocycles. The van der Waals surface area contributed by atoms with Crippen molar-refractivity contribution in [3.63, 3.8) is 0 Å². The zero-order valence-electron chi connectivity index (χ0n) is 9.90. The molecule has 0 saturated carbocycles. The van der Waals surface area contributed by atoms with Crippen molar-refractivity contribution in [1.82, 2.24) is 0 Å². The maximum Gasteiger partial charge on any atom is 0.232 e. The number of hydrogen-bond acceptors (Lipinski definition) is 3. The van der Waals surface area contributed by atoms with E-state index in [1.54, 1.807) is 6.92 Å². The quantitative estimate of drug-likeness (QED) is 0.812. The van der Waals surface area contributed by atoms with Gasteiger partial charge in [-0.3, -0.25) is 4.72 Å². The van der Waals surface area contributed by atoms with Gasteiger partial charge in [-0.1, -0.05) is 18.8 Å². The molecule has 98 valence electrons. The number of nitrogens with one attached hydrogen (secondary N) is 1. The first-order chi connectivity index (χ1) is 8.48. The highest BCUT2D eigenvalue weighted by molar-refractivity contribution is 7.92. The van der Waals surface area contributed by atoms with E-state index < -0.39 is 15.8 Å². The molecule has 0 radical (unpaired) electrons. The van der Waals surface area contributed by atoms with Crippen molar-refractivity contribution < 1.29 is 17.9 Å². The molecule has 4 nitrogen and oxygen atoms in total. The van der Waals surface area contributed by atoms with E-state index in [1.807, 2.05) is 0 Å². The third kappa shape index (κ3) is 4.35. The van der Waals surface area contributed by atoms with Gasteiger partial charge in [-0.2, -0.15) is 0 Å². The van der Waals surface area contributed by atoms with Crippen LogP contribution in [0.15, 0.2) is 18.2 Å². The lowest BCUT2D eigenvalue weighted by Crippen LogP contribution is -2.16. The molecule has 1 rings (SSSR count). The van der Waals surface area contributed by atoms with Gasteiger partial charge in [-0.15, -0.1) is 0 Å². The maximum atomic E-state index is 13.0. The fourth-order valence-electron chi connectivity index (χ4n) is 1.33. The number of hydrogen-bond donors (Lipinski definition) is 2. The molecule has 0 bridgehead atoms. The van der Waals surface area contributed by atoms with Crippen LogP contribution in [0.3, 0.4) is 0 Å². The SMILES string of the molecule is CCCS(=O)(=O)Nc1ccc(F)cc1C#CCO. The third-order valence-corrected chi connectivity index (χ3v) is 3.50. The largest absolute Gasteiger partial charge is 0.384 e. The molecule has 0 saturated heterocycles. The van der Waals surface area contributed by atoms with Crippen LogP contribution in [-0.2, 0) is 10.0 Å². The summed E-state index contributed by atoms with van der Waals surface area (Å²) in [4.78, 5) is 0. The first kappa shape index (κ1) is 14.5. The van der Waals surface area contributed by atoms with Crippen LogP contribution in [0.2, 0.25) is 0 Å². The highest BCUT2D eigenvalue weighted by atomic mass is 32.2. The first-order valence-corrected chi connectivity index (χ1v) is 7.03. The summed E-state index contributed by atoms with van der Waals surface area (Å²) in [7, 11) is -3.45. The van der Waals surface area contributed by atoms with Crippen molar-refractivity contribution in [2.75, 3.05) is 17.1 Å². The van der Waals surface area contributed by atoms with Gasteiger partial charge in [0.2, 0.25) is 10.0 Å². The normalized spacial score (nSPS) is 10.6. The van der Waals surface area contributed by atoms with Crippen molar-refractivity contribution in [2.24, 2.45) is 0 Å². The average molecular weight is 271 g/mol. The molecule has 2 N–H and O–H groups in total. The van der Waals surface area contributed by atoms with E-state index in [0.29, 0.717) is 6.42 Å². The van der Waals surface area contributed by atoms with Crippen molar-refractivity contribution in [1.29, 1.82) is 0 Å². The predicted molar refractivity (Wildman–Crippen MR) is 68.1 cm³/mol. The van der Waals surface area contributed by atoms with Gasteiger partial charge in [0.15, 0.2) is 0 Å². The van der Waals surface area contributed by atoms with Crippen molar-refractivity contribution >= 4 is 15.7 Å². The highest BCUT2D eigenvalue weighted by Crippen LogP contribution is 2.17. The summed E-state index contributed by atoms with van der Waals surface area (Å²) in [6.45, 7) is 1.37. The molecule has 0 aliphatic carbocycles. The molecule has 0 spiro atoms. The van der Waals surface area contributed by atoms with Crippen molar-refractivity contribution in [3.05, 3.63) is 29.6 Å². The first-order valence-electron chi connectivity index (χ1n) is 5.38. The predicted octanol–water partition coefficient (Wildman–Crippen LogP) is 1.32. The Morgan fingerprint density at radius 3 is 2.78 bits per heavy atom. The molecule has 0 atom stereocenters. The van der Waals surface area contributed by atoms with Gasteiger partial charge >= 0.3 is 0 Å². The summed E-state index contributed by atoms with van der Waals surface area (Å²) in [6, 6.07) is 3.57. The molecule has 18 heavy (non-hydrogen) atoms. The summed E-state index contributed by atoms with van der Waals surface area (Å²) in [5, 5.41) is 8.60. The van der Waals surface area contributed by atoms with E-state index in [2.05, 4.69) is 16.6 Å². The van der Waals surface area contributed by atoms with Gasteiger partial charge in [0.1, 0.15) is 12.4 Å². The zero-order chi connectivity index (χ0) is 13.6. The van der Waals surface area contributed by atoms with E-state index in [0.717, 1.165) is 12.1 Å². The Morgan fingerprint density at radius 2 is 2.17 bits per heavy atom. The van der Waals surface area contributed by atoms with Crippen LogP contribution in [0.1, 0.15) is 18.9 Å². The molecular weight excluding hydrogens is 257 g/mol. The molecule has 1 aromatic carbocycles. The summed E-state index contributed by atoms with van der Waals surface area (Å²) in [5.74, 6) is 4.32. The molecule has 6 heteroatoms. The summed E-state index contributed by atoms with van der Waals surface area (Å²) < 4.78 is 38.6. The summed E-state index contributed by atoms with van der Waals surface area (Å²) in [5.41, 5.74) is 0.412. The van der Waals surface area contributed by atoms with Gasteiger partial charge in [0, 0.05) is 0 Å². The molecular formula is C12H14FNO3S. The molecule has 0 fully saturated rings. The van der Waals surface area contributed by atoms with Gasteiger partial charge in [-0.25, -0.2) is 12.8 Å². The third-order valence-electron chi connectivity index (χ3n) is 2.02. The van der Waals surface area contributed by atoms with Crippen LogP contribution in [0.4, 0.5) is 10.1 Å². The smallest absolute Gasteiger partial charge is 0.232 e. The minimum absolute atomic E-state index is 0.0166. The number of rotatable bonds is 4. The second-order valence-electron chi connectivity index (χ2n) is 3.57. The molecule has 0 aliphatic heterocycles. The minimum atomic E-state index is -3.45. The van der Waals surface area contributed by atoms with E-state index >= 15 is 0 Å². The van der Waals surface area contributed by atoms with Crippen molar-refractivity contribution in [3.8, 4) is 11.8 Å². The average Bonchev–Trinajstić information content (AvgIpc) is 2.29. The minimum Gasteiger partial charge on any atom is -0.384 e. The number of aliphatic hydroxyl groups excluding tert-OH is 1. The topological polar surface area (TPSA) is 66.4 Å². The Morgan fingerprint density at radius 1 is 1.44 bits per heavy atom. The maximum absolute atomic E-state index is 13.0. The Bertz CT molecular complexity index is 573. The molecule has 0 aliphatic rings. The van der Waals surface area contributed by atoms with Gasteiger partial charge in [0.05, 0.1) is 17.0 Å².